The lowest BCUT2D eigenvalue weighted by atomic mass is 9.99. The van der Waals surface area contributed by atoms with Crippen LogP contribution in [0.3, 0.4) is 0 Å². The Balaban J connectivity index is 1.92. The van der Waals surface area contributed by atoms with E-state index in [0.29, 0.717) is 0 Å². The molecule has 0 bridgehead atoms. The molecule has 1 aliphatic rings. The minimum absolute atomic E-state index is 0.0257. The first-order chi connectivity index (χ1) is 16.2. The third-order valence-electron chi connectivity index (χ3n) is 5.44. The Morgan fingerprint density at radius 2 is 1.71 bits per heavy atom. The predicted molar refractivity (Wildman–Crippen MR) is 114 cm³/mol. The highest BCUT2D eigenvalue weighted by Gasteiger charge is 2.45. The lowest BCUT2D eigenvalue weighted by Crippen LogP contribution is -2.60. The van der Waals surface area contributed by atoms with E-state index in [2.05, 4.69) is 0 Å². The first-order valence-corrected chi connectivity index (χ1v) is 10.0. The van der Waals surface area contributed by atoms with E-state index in [0.717, 1.165) is 12.1 Å². The summed E-state index contributed by atoms with van der Waals surface area (Å²) in [6.07, 6.45) is -8.29. The summed E-state index contributed by atoms with van der Waals surface area (Å²) in [7, 11) is 1.30. The van der Waals surface area contributed by atoms with Gasteiger partial charge < -0.3 is 54.4 Å². The fraction of sp³-hybridized carbons (Fsp3) is 0.318. The second-order valence-electron chi connectivity index (χ2n) is 7.63. The second-order valence-corrected chi connectivity index (χ2v) is 7.63. The highest BCUT2D eigenvalue weighted by Crippen LogP contribution is 2.39. The number of phenols is 3. The second kappa shape index (κ2) is 9.00. The van der Waals surface area contributed by atoms with Crippen LogP contribution in [0.2, 0.25) is 0 Å². The van der Waals surface area contributed by atoms with Gasteiger partial charge in [0.1, 0.15) is 46.9 Å². The van der Waals surface area contributed by atoms with Crippen molar-refractivity contribution < 1.29 is 54.4 Å². The highest BCUT2D eigenvalue weighted by atomic mass is 16.7. The van der Waals surface area contributed by atoms with Crippen LogP contribution in [0.4, 0.5) is 0 Å². The number of hydrogen-bond donors (Lipinski definition) is 7. The molecule has 0 amide bonds. The van der Waals surface area contributed by atoms with Crippen molar-refractivity contribution in [2.75, 3.05) is 13.7 Å². The number of aliphatic hydroxyl groups excluding tert-OH is 4. The van der Waals surface area contributed by atoms with Gasteiger partial charge in [0.05, 0.1) is 13.7 Å². The molecule has 3 aromatic rings. The van der Waals surface area contributed by atoms with Crippen molar-refractivity contribution in [1.29, 1.82) is 0 Å². The molecule has 1 aromatic heterocycles. The van der Waals surface area contributed by atoms with Crippen molar-refractivity contribution in [1.82, 2.24) is 0 Å². The number of fused-ring (bicyclic) bond motifs is 1. The van der Waals surface area contributed by atoms with Gasteiger partial charge in [0.15, 0.2) is 17.3 Å². The van der Waals surface area contributed by atoms with Gasteiger partial charge in [-0.25, -0.2) is 0 Å². The average molecular weight is 478 g/mol. The molecule has 0 unspecified atom stereocenters. The normalized spacial score (nSPS) is 24.8. The molecule has 1 aliphatic heterocycles. The smallest absolute Gasteiger partial charge is 0.239 e. The summed E-state index contributed by atoms with van der Waals surface area (Å²) >= 11 is 0. The quantitative estimate of drug-likeness (QED) is 0.254. The fourth-order valence-corrected chi connectivity index (χ4v) is 3.67. The third-order valence-corrected chi connectivity index (χ3v) is 5.44. The standard InChI is InChI=1S/C22H22O12/c1-31-12-4-8(2-3-10(12)25)20-21(17(28)15-11(26)5-9(24)6-13(15)32-20)34-22-19(30)18(29)16(27)14(7-23)33-22/h2-6,14,16,18-19,22-27,29-30H,7H2,1H3/t14-,16-,18-,19+,22-/m1/s1. The molecule has 34 heavy (non-hydrogen) atoms. The van der Waals surface area contributed by atoms with E-state index in [4.69, 9.17) is 18.6 Å². The summed E-state index contributed by atoms with van der Waals surface area (Å²) in [6, 6.07) is 5.96. The van der Waals surface area contributed by atoms with Gasteiger partial charge in [-0.05, 0) is 18.2 Å². The van der Waals surface area contributed by atoms with Crippen LogP contribution in [0, 0.1) is 0 Å². The summed E-state index contributed by atoms with van der Waals surface area (Å²) in [5, 5.41) is 69.4. The molecule has 7 N–H and O–H groups in total. The average Bonchev–Trinajstić information content (AvgIpc) is 2.80. The zero-order valence-electron chi connectivity index (χ0n) is 17.7. The zero-order valence-corrected chi connectivity index (χ0v) is 17.7. The molecule has 2 aromatic carbocycles. The predicted octanol–water partition coefficient (Wildman–Crippen LogP) is -0.236. The van der Waals surface area contributed by atoms with Crippen molar-refractivity contribution >= 4 is 11.0 Å². The lowest BCUT2D eigenvalue weighted by Gasteiger charge is -2.39. The molecule has 0 saturated carbocycles. The molecule has 2 heterocycles. The third kappa shape index (κ3) is 3.97. The van der Waals surface area contributed by atoms with Gasteiger partial charge in [-0.15, -0.1) is 0 Å². The molecule has 0 spiro atoms. The van der Waals surface area contributed by atoms with Crippen LogP contribution >= 0.6 is 0 Å². The maximum absolute atomic E-state index is 13.3. The Kier molecular flexibility index (Phi) is 6.25. The molecule has 0 aliphatic carbocycles. The first kappa shape index (κ1) is 23.6. The summed E-state index contributed by atoms with van der Waals surface area (Å²) in [6.45, 7) is -0.723. The van der Waals surface area contributed by atoms with Crippen LogP contribution < -0.4 is 14.9 Å². The van der Waals surface area contributed by atoms with Gasteiger partial charge >= 0.3 is 0 Å². The molecule has 1 saturated heterocycles. The van der Waals surface area contributed by atoms with Crippen LogP contribution in [-0.2, 0) is 4.74 Å². The summed E-state index contributed by atoms with van der Waals surface area (Å²) < 4.78 is 21.8. The van der Waals surface area contributed by atoms with Crippen LogP contribution in [0.25, 0.3) is 22.3 Å². The number of aromatic hydroxyl groups is 3. The molecule has 0 radical (unpaired) electrons. The van der Waals surface area contributed by atoms with Crippen molar-refractivity contribution in [2.24, 2.45) is 0 Å². The minimum atomic E-state index is -1.83. The van der Waals surface area contributed by atoms with E-state index in [1.165, 1.54) is 25.3 Å². The molecule has 1 fully saturated rings. The number of aliphatic hydroxyl groups is 4. The molecule has 182 valence electrons. The van der Waals surface area contributed by atoms with Gasteiger partial charge in [0.25, 0.3) is 0 Å². The number of rotatable bonds is 5. The lowest BCUT2D eigenvalue weighted by molar-refractivity contribution is -0.277. The fourth-order valence-electron chi connectivity index (χ4n) is 3.67. The van der Waals surface area contributed by atoms with E-state index in [9.17, 15) is 40.5 Å². The Morgan fingerprint density at radius 3 is 2.38 bits per heavy atom. The Hall–Kier alpha value is -3.55. The number of ether oxygens (including phenoxy) is 3. The Bertz CT molecular complexity index is 1270. The zero-order chi connectivity index (χ0) is 24.7. The van der Waals surface area contributed by atoms with E-state index in [-0.39, 0.29) is 39.5 Å². The van der Waals surface area contributed by atoms with Crippen molar-refractivity contribution in [3.8, 4) is 40.1 Å². The summed E-state index contributed by atoms with van der Waals surface area (Å²) in [5.74, 6) is -2.00. The maximum atomic E-state index is 13.3. The minimum Gasteiger partial charge on any atom is -0.508 e. The van der Waals surface area contributed by atoms with Crippen molar-refractivity contribution in [3.63, 3.8) is 0 Å². The molecule has 4 rings (SSSR count). The number of phenolic OH excluding ortho intramolecular Hbond substituents is 3. The first-order valence-electron chi connectivity index (χ1n) is 10.0. The van der Waals surface area contributed by atoms with Crippen molar-refractivity contribution in [2.45, 2.75) is 30.7 Å². The van der Waals surface area contributed by atoms with Gasteiger partial charge in [0, 0.05) is 17.7 Å². The monoisotopic (exact) mass is 478 g/mol. The summed E-state index contributed by atoms with van der Waals surface area (Å²) in [4.78, 5) is 13.3. The van der Waals surface area contributed by atoms with Gasteiger partial charge in [-0.1, -0.05) is 0 Å². The van der Waals surface area contributed by atoms with E-state index in [1.54, 1.807) is 0 Å². The maximum Gasteiger partial charge on any atom is 0.239 e. The topological polar surface area (TPSA) is 200 Å². The van der Waals surface area contributed by atoms with Crippen LogP contribution in [0.5, 0.6) is 28.7 Å². The number of hydrogen-bond acceptors (Lipinski definition) is 12. The van der Waals surface area contributed by atoms with E-state index >= 15 is 0 Å². The van der Waals surface area contributed by atoms with E-state index < -0.39 is 54.2 Å². The van der Waals surface area contributed by atoms with Crippen LogP contribution in [-0.4, -0.2) is 80.2 Å². The molecular weight excluding hydrogens is 456 g/mol. The largest absolute Gasteiger partial charge is 0.508 e. The molecule has 12 nitrogen and oxygen atoms in total. The van der Waals surface area contributed by atoms with Crippen LogP contribution in [0.1, 0.15) is 0 Å². The van der Waals surface area contributed by atoms with Gasteiger partial charge in [0.2, 0.25) is 17.5 Å². The van der Waals surface area contributed by atoms with Gasteiger partial charge in [-0.3, -0.25) is 4.79 Å². The Morgan fingerprint density at radius 1 is 0.971 bits per heavy atom. The van der Waals surface area contributed by atoms with E-state index in [1.807, 2.05) is 0 Å². The SMILES string of the molecule is COc1cc(-c2oc3cc(O)cc(O)c3c(=O)c2O[C@H]2O[C@H](CO)[C@@H](O)[C@@H](O)[C@@H]2O)ccc1O. The highest BCUT2D eigenvalue weighted by molar-refractivity contribution is 5.88. The molecule has 12 heteroatoms. The molecule has 5 atom stereocenters. The Labute approximate surface area is 191 Å². The van der Waals surface area contributed by atoms with Gasteiger partial charge in [-0.2, -0.15) is 0 Å². The van der Waals surface area contributed by atoms with Crippen molar-refractivity contribution in [3.05, 3.63) is 40.6 Å². The molecular formula is C22H22O12. The number of methoxy groups -OCH3 is 1. The summed E-state index contributed by atoms with van der Waals surface area (Å²) in [5.41, 5.74) is -0.959. The number of benzene rings is 2. The van der Waals surface area contributed by atoms with Crippen LogP contribution in [0.15, 0.2) is 39.5 Å².